The third-order valence-corrected chi connectivity index (χ3v) is 6.42. The predicted molar refractivity (Wildman–Crippen MR) is 115 cm³/mol. The second kappa shape index (κ2) is 7.71. The van der Waals surface area contributed by atoms with Crippen molar-refractivity contribution in [3.63, 3.8) is 0 Å². The van der Waals surface area contributed by atoms with Crippen LogP contribution >= 0.6 is 34.5 Å². The molecule has 1 N–H and O–H groups in total. The molecule has 0 saturated carbocycles. The molecule has 0 fully saturated rings. The van der Waals surface area contributed by atoms with Crippen molar-refractivity contribution in [1.29, 1.82) is 0 Å². The minimum absolute atomic E-state index is 0.171. The first-order valence-corrected chi connectivity index (χ1v) is 10.3. The van der Waals surface area contributed by atoms with Gasteiger partial charge in [0.15, 0.2) is 0 Å². The van der Waals surface area contributed by atoms with E-state index in [0.717, 1.165) is 10.4 Å². The lowest BCUT2D eigenvalue weighted by atomic mass is 10.0. The number of hydrogen-bond donors (Lipinski definition) is 1. The van der Waals surface area contributed by atoms with Crippen LogP contribution in [0.4, 0.5) is 5.69 Å². The summed E-state index contributed by atoms with van der Waals surface area (Å²) >= 11 is 13.6. The number of amides is 1. The van der Waals surface area contributed by atoms with Crippen molar-refractivity contribution >= 4 is 52.1 Å². The third-order valence-electron chi connectivity index (χ3n) is 4.70. The van der Waals surface area contributed by atoms with Crippen molar-refractivity contribution in [3.8, 4) is 16.9 Å². The molecule has 4 rings (SSSR count). The molecular weight excluding hydrogens is 433 g/mol. The van der Waals surface area contributed by atoms with Gasteiger partial charge in [0.25, 0.3) is 5.91 Å². The van der Waals surface area contributed by atoms with Gasteiger partial charge in [0.05, 0.1) is 27.8 Å². The molecule has 1 amide bonds. The van der Waals surface area contributed by atoms with Crippen molar-refractivity contribution in [3.05, 3.63) is 67.8 Å². The number of anilines is 1. The van der Waals surface area contributed by atoms with Gasteiger partial charge < -0.3 is 14.7 Å². The highest BCUT2D eigenvalue weighted by Crippen LogP contribution is 2.41. The summed E-state index contributed by atoms with van der Waals surface area (Å²) in [6, 6.07) is 11.5. The topological polar surface area (TPSA) is 66.8 Å². The highest BCUT2D eigenvalue weighted by Gasteiger charge is 2.24. The minimum atomic E-state index is -1.01. The number of carbonyl (C=O) groups excluding carboxylic acids is 1. The molecule has 148 valence electrons. The Morgan fingerprint density at radius 2 is 1.90 bits per heavy atom. The van der Waals surface area contributed by atoms with E-state index in [4.69, 9.17) is 27.9 Å². The van der Waals surface area contributed by atoms with Crippen molar-refractivity contribution in [2.45, 2.75) is 6.42 Å². The zero-order chi connectivity index (χ0) is 20.7. The second-order valence-electron chi connectivity index (χ2n) is 6.52. The molecule has 0 atom stereocenters. The summed E-state index contributed by atoms with van der Waals surface area (Å²) in [5, 5.41) is 10.2. The van der Waals surface area contributed by atoms with Crippen molar-refractivity contribution in [2.24, 2.45) is 0 Å². The number of rotatable bonds is 3. The van der Waals surface area contributed by atoms with Crippen LogP contribution in [0.2, 0.25) is 10.0 Å². The van der Waals surface area contributed by atoms with Gasteiger partial charge in [-0.15, -0.1) is 11.3 Å². The average Bonchev–Trinajstić information content (AvgIpc) is 3.03. The number of carboxylic acids is 1. The summed E-state index contributed by atoms with van der Waals surface area (Å²) in [5.41, 5.74) is 2.23. The first-order valence-electron chi connectivity index (χ1n) is 8.71. The lowest BCUT2D eigenvalue weighted by molar-refractivity contribution is 0.0696. The number of thiophene rings is 1. The molecule has 3 aromatic rings. The number of nitrogens with zero attached hydrogens (tertiary/aromatic N) is 1. The van der Waals surface area contributed by atoms with E-state index in [1.165, 1.54) is 22.3 Å². The Morgan fingerprint density at radius 1 is 1.10 bits per heavy atom. The van der Waals surface area contributed by atoms with Gasteiger partial charge in [0.1, 0.15) is 5.75 Å². The van der Waals surface area contributed by atoms with E-state index in [9.17, 15) is 14.7 Å². The van der Waals surface area contributed by atoms with E-state index in [-0.39, 0.29) is 11.5 Å². The van der Waals surface area contributed by atoms with E-state index >= 15 is 0 Å². The number of halogens is 2. The molecule has 2 heterocycles. The molecule has 0 bridgehead atoms. The Morgan fingerprint density at radius 3 is 2.62 bits per heavy atom. The van der Waals surface area contributed by atoms with E-state index < -0.39 is 5.97 Å². The quantitative estimate of drug-likeness (QED) is 0.564. The molecular formula is C21H15Cl2NO4S. The number of benzene rings is 2. The Hall–Kier alpha value is -2.54. The molecule has 29 heavy (non-hydrogen) atoms. The van der Waals surface area contributed by atoms with Gasteiger partial charge in [-0.05, 0) is 42.5 Å². The van der Waals surface area contributed by atoms with Crippen molar-refractivity contribution in [1.82, 2.24) is 0 Å². The number of fused-ring (bicyclic) bond motifs is 3. The summed E-state index contributed by atoms with van der Waals surface area (Å²) in [6.07, 6.45) is 0.635. The van der Waals surface area contributed by atoms with Crippen LogP contribution in [0.3, 0.4) is 0 Å². The Balaban J connectivity index is 1.74. The van der Waals surface area contributed by atoms with Crippen LogP contribution in [0.15, 0.2) is 42.5 Å². The summed E-state index contributed by atoms with van der Waals surface area (Å²) in [6.45, 7) is 0.458. The lowest BCUT2D eigenvalue weighted by Gasteiger charge is -2.18. The van der Waals surface area contributed by atoms with Gasteiger partial charge in [-0.3, -0.25) is 4.79 Å². The minimum Gasteiger partial charge on any atom is -0.493 e. The fourth-order valence-electron chi connectivity index (χ4n) is 3.23. The van der Waals surface area contributed by atoms with Gasteiger partial charge in [-0.25, -0.2) is 4.79 Å². The summed E-state index contributed by atoms with van der Waals surface area (Å²) in [5.74, 6) is -0.606. The lowest BCUT2D eigenvalue weighted by Crippen LogP contribution is -2.25. The van der Waals surface area contributed by atoms with Gasteiger partial charge in [0, 0.05) is 34.5 Å². The normalized spacial score (nSPS) is 12.4. The fourth-order valence-corrected chi connectivity index (χ4v) is 4.89. The summed E-state index contributed by atoms with van der Waals surface area (Å²) in [4.78, 5) is 27.5. The predicted octanol–water partition coefficient (Wildman–Crippen LogP) is 5.63. The van der Waals surface area contributed by atoms with Crippen LogP contribution in [0, 0.1) is 0 Å². The third kappa shape index (κ3) is 3.71. The molecule has 2 aromatic carbocycles. The van der Waals surface area contributed by atoms with Crippen LogP contribution in [0.25, 0.3) is 11.1 Å². The number of carboxylic acid groups (broad SMARTS) is 1. The molecule has 0 aliphatic carbocycles. The molecule has 5 nitrogen and oxygen atoms in total. The standard InChI is InChI=1S/C21H15Cl2NO4S/c1-24(16-4-3-12(22)9-15(16)23)20(25)19-10-14-13-8-11(21(26)27)2-5-17(13)28-7-6-18(14)29-19/h2-5,8-10H,6-7H2,1H3,(H,26,27). The van der Waals surface area contributed by atoms with E-state index in [1.807, 2.05) is 0 Å². The molecule has 0 spiro atoms. The van der Waals surface area contributed by atoms with Crippen LogP contribution in [-0.4, -0.2) is 30.6 Å². The summed E-state index contributed by atoms with van der Waals surface area (Å²) < 4.78 is 5.76. The van der Waals surface area contributed by atoms with Crippen LogP contribution in [-0.2, 0) is 6.42 Å². The molecule has 8 heteroatoms. The monoisotopic (exact) mass is 447 g/mol. The van der Waals surface area contributed by atoms with Gasteiger partial charge in [-0.2, -0.15) is 0 Å². The number of aromatic carboxylic acids is 1. The maximum absolute atomic E-state index is 13.1. The number of ether oxygens (including phenoxy) is 1. The Bertz CT molecular complexity index is 1140. The largest absolute Gasteiger partial charge is 0.493 e. The molecule has 0 radical (unpaired) electrons. The van der Waals surface area contributed by atoms with Crippen molar-refractivity contribution < 1.29 is 19.4 Å². The highest BCUT2D eigenvalue weighted by atomic mass is 35.5. The van der Waals surface area contributed by atoms with E-state index in [1.54, 1.807) is 43.4 Å². The molecule has 1 aromatic heterocycles. The zero-order valence-electron chi connectivity index (χ0n) is 15.2. The zero-order valence-corrected chi connectivity index (χ0v) is 17.6. The second-order valence-corrected chi connectivity index (χ2v) is 8.50. The summed E-state index contributed by atoms with van der Waals surface area (Å²) in [7, 11) is 1.65. The molecule has 0 unspecified atom stereocenters. The van der Waals surface area contributed by atoms with Crippen molar-refractivity contribution in [2.75, 3.05) is 18.6 Å². The first kappa shape index (κ1) is 19.8. The SMILES string of the molecule is CN(C(=O)c1cc2c(s1)CCOc1ccc(C(=O)O)cc1-2)c1ccc(Cl)cc1Cl. The Labute approximate surface area is 181 Å². The van der Waals surface area contributed by atoms with E-state index in [2.05, 4.69) is 0 Å². The smallest absolute Gasteiger partial charge is 0.335 e. The van der Waals surface area contributed by atoms with Crippen LogP contribution in [0.1, 0.15) is 24.9 Å². The fraction of sp³-hybridized carbons (Fsp3) is 0.143. The maximum Gasteiger partial charge on any atom is 0.335 e. The average molecular weight is 448 g/mol. The van der Waals surface area contributed by atoms with Crippen LogP contribution < -0.4 is 9.64 Å². The van der Waals surface area contributed by atoms with Gasteiger partial charge in [-0.1, -0.05) is 23.2 Å². The highest BCUT2D eigenvalue weighted by molar-refractivity contribution is 7.14. The van der Waals surface area contributed by atoms with Gasteiger partial charge in [0.2, 0.25) is 0 Å². The number of carbonyl (C=O) groups is 2. The molecule has 1 aliphatic rings. The Kier molecular flexibility index (Phi) is 5.25. The van der Waals surface area contributed by atoms with E-state index in [0.29, 0.717) is 45.0 Å². The molecule has 0 saturated heterocycles. The first-order chi connectivity index (χ1) is 13.8. The van der Waals surface area contributed by atoms with Gasteiger partial charge >= 0.3 is 5.97 Å². The maximum atomic E-state index is 13.1. The van der Waals surface area contributed by atoms with Crippen LogP contribution in [0.5, 0.6) is 5.75 Å². The molecule has 1 aliphatic heterocycles. The number of hydrogen-bond acceptors (Lipinski definition) is 4.